The Kier molecular flexibility index (Phi) is 7.35. The fourth-order valence-electron chi connectivity index (χ4n) is 4.03. The standard InChI is InChI=1S/C17H29N7O8/c1-19-4-8(27)24(2)11-12(28)13(32-16(18)30)7(5-25)31-15(11)23-17-21-9-6(26)3-20-14(29)10(9)22-17/h6-7,9-13,15,19,25-26,28H,3-5H2,1-2H3,(H2,18,30)(H,20,29)(H2,21,22,23)/t6-,7-,9-,10-,11-,12+,13+,15+/m0/s1. The number of carbonyl (C=O) groups is 3. The molecule has 0 spiro atoms. The van der Waals surface area contributed by atoms with Crippen LogP contribution in [0.15, 0.2) is 4.99 Å². The average Bonchev–Trinajstić information content (AvgIpc) is 3.17. The van der Waals surface area contributed by atoms with Crippen LogP contribution in [0.25, 0.3) is 0 Å². The largest absolute Gasteiger partial charge is 0.441 e. The Balaban J connectivity index is 1.85. The third-order valence-electron chi connectivity index (χ3n) is 5.64. The predicted octanol–water partition coefficient (Wildman–Crippen LogP) is -5.65. The van der Waals surface area contributed by atoms with Crippen molar-refractivity contribution in [2.75, 3.05) is 33.8 Å². The van der Waals surface area contributed by atoms with Crippen LogP contribution in [0.3, 0.4) is 0 Å². The third-order valence-corrected chi connectivity index (χ3v) is 5.64. The van der Waals surface area contributed by atoms with Gasteiger partial charge in [0.15, 0.2) is 24.3 Å². The maximum absolute atomic E-state index is 12.5. The van der Waals surface area contributed by atoms with E-state index >= 15 is 0 Å². The second kappa shape index (κ2) is 9.83. The number of guanidine groups is 1. The molecule has 3 heterocycles. The van der Waals surface area contributed by atoms with Crippen molar-refractivity contribution >= 4 is 23.9 Å². The van der Waals surface area contributed by atoms with Gasteiger partial charge in [0.2, 0.25) is 11.8 Å². The molecule has 15 nitrogen and oxygen atoms in total. The van der Waals surface area contributed by atoms with E-state index in [4.69, 9.17) is 15.2 Å². The second-order valence-electron chi connectivity index (χ2n) is 7.74. The first-order chi connectivity index (χ1) is 15.2. The summed E-state index contributed by atoms with van der Waals surface area (Å²) in [5.74, 6) is -0.675. The fourth-order valence-corrected chi connectivity index (χ4v) is 4.03. The molecule has 0 aromatic carbocycles. The van der Waals surface area contributed by atoms with Gasteiger partial charge in [-0.05, 0) is 7.05 Å². The van der Waals surface area contributed by atoms with Crippen LogP contribution < -0.4 is 27.0 Å². The number of aliphatic hydroxyl groups is 3. The number of piperidine rings is 1. The van der Waals surface area contributed by atoms with Crippen LogP contribution in [0.2, 0.25) is 0 Å². The average molecular weight is 459 g/mol. The molecule has 2 saturated heterocycles. The van der Waals surface area contributed by atoms with Gasteiger partial charge < -0.3 is 56.7 Å². The SMILES string of the molecule is CNCC(=O)N(C)[C@H]1[C@@H](O)[C@H](OC(N)=O)[C@H](CO)O[C@H]1NC1=N[C@@H]2C(=O)NC[C@H](O)[C@@H]2N1. The molecule has 0 bridgehead atoms. The van der Waals surface area contributed by atoms with Crippen LogP contribution in [-0.2, 0) is 19.1 Å². The molecule has 3 aliphatic heterocycles. The molecule has 3 aliphatic rings. The summed E-state index contributed by atoms with van der Waals surface area (Å²) in [5, 5.41) is 41.8. The van der Waals surface area contributed by atoms with E-state index < -0.39 is 67.4 Å². The maximum atomic E-state index is 12.5. The molecule has 0 aliphatic carbocycles. The first-order valence-electron chi connectivity index (χ1n) is 10.0. The van der Waals surface area contributed by atoms with Crippen LogP contribution in [0.4, 0.5) is 4.79 Å². The Bertz CT molecular complexity index is 767. The summed E-state index contributed by atoms with van der Waals surface area (Å²) >= 11 is 0. The summed E-state index contributed by atoms with van der Waals surface area (Å²) < 4.78 is 10.7. The summed E-state index contributed by atoms with van der Waals surface area (Å²) in [6.07, 6.45) is -7.21. The molecule has 3 amide bonds. The number of hydrogen-bond donors (Lipinski definition) is 8. The fraction of sp³-hybridized carbons (Fsp3) is 0.765. The number of likely N-dealkylation sites (N-methyl/N-ethyl adjacent to an activating group) is 2. The van der Waals surface area contributed by atoms with E-state index in [0.717, 1.165) is 0 Å². The number of hydrogen-bond acceptors (Lipinski definition) is 12. The first kappa shape index (κ1) is 23.9. The van der Waals surface area contributed by atoms with Gasteiger partial charge in [0.05, 0.1) is 25.3 Å². The smallest absolute Gasteiger partial charge is 0.404 e. The van der Waals surface area contributed by atoms with Gasteiger partial charge in [-0.15, -0.1) is 0 Å². The lowest BCUT2D eigenvalue weighted by Crippen LogP contribution is -2.70. The van der Waals surface area contributed by atoms with Crippen LogP contribution >= 0.6 is 0 Å². The molecule has 0 aromatic rings. The van der Waals surface area contributed by atoms with E-state index in [9.17, 15) is 29.7 Å². The van der Waals surface area contributed by atoms with E-state index in [1.165, 1.54) is 11.9 Å². The Morgan fingerprint density at radius 1 is 1.41 bits per heavy atom. The number of nitrogens with one attached hydrogen (secondary N) is 4. The van der Waals surface area contributed by atoms with Gasteiger partial charge in [0.25, 0.3) is 0 Å². The van der Waals surface area contributed by atoms with Crippen LogP contribution in [0.1, 0.15) is 0 Å². The summed E-state index contributed by atoms with van der Waals surface area (Å²) in [7, 11) is 3.00. The molecule has 9 N–H and O–H groups in total. The molecule has 0 saturated carbocycles. The number of fused-ring (bicyclic) bond motifs is 1. The minimum Gasteiger partial charge on any atom is -0.441 e. The molecule has 32 heavy (non-hydrogen) atoms. The first-order valence-corrected chi connectivity index (χ1v) is 10.0. The van der Waals surface area contributed by atoms with Gasteiger partial charge in [-0.2, -0.15) is 0 Å². The molecular formula is C17H29N7O8. The summed E-state index contributed by atoms with van der Waals surface area (Å²) in [6.45, 7) is -0.607. The van der Waals surface area contributed by atoms with Crippen molar-refractivity contribution in [2.24, 2.45) is 10.7 Å². The molecule has 3 rings (SSSR count). The summed E-state index contributed by atoms with van der Waals surface area (Å²) in [6, 6.07) is -2.65. The van der Waals surface area contributed by atoms with Crippen molar-refractivity contribution in [3.63, 3.8) is 0 Å². The van der Waals surface area contributed by atoms with Crippen molar-refractivity contribution in [1.82, 2.24) is 26.2 Å². The van der Waals surface area contributed by atoms with Gasteiger partial charge in [-0.25, -0.2) is 9.79 Å². The number of amides is 3. The van der Waals surface area contributed by atoms with Crippen LogP contribution in [0, 0.1) is 0 Å². The van der Waals surface area contributed by atoms with Crippen LogP contribution in [-0.4, -0.2) is 127 Å². The molecule has 0 radical (unpaired) electrons. The van der Waals surface area contributed by atoms with Crippen molar-refractivity contribution < 1.29 is 39.2 Å². The minimum atomic E-state index is -1.49. The number of nitrogens with two attached hydrogens (primary N) is 1. The van der Waals surface area contributed by atoms with Gasteiger partial charge in [-0.3, -0.25) is 9.59 Å². The van der Waals surface area contributed by atoms with E-state index in [2.05, 4.69) is 26.3 Å². The number of aliphatic hydroxyl groups excluding tert-OH is 3. The second-order valence-corrected chi connectivity index (χ2v) is 7.74. The lowest BCUT2D eigenvalue weighted by Gasteiger charge is -2.47. The number of primary amides is 1. The Labute approximate surface area is 183 Å². The normalized spacial score (nSPS) is 36.3. The number of ether oxygens (including phenoxy) is 2. The lowest BCUT2D eigenvalue weighted by molar-refractivity contribution is -0.215. The predicted molar refractivity (Wildman–Crippen MR) is 107 cm³/mol. The van der Waals surface area contributed by atoms with Crippen molar-refractivity contribution in [3.8, 4) is 0 Å². The zero-order chi connectivity index (χ0) is 23.6. The number of carbonyl (C=O) groups excluding carboxylic acids is 3. The number of β-amino-alcohol motifs (C(OH)–C–C–N with tert-alkyl or cyclic N) is 1. The Morgan fingerprint density at radius 3 is 2.72 bits per heavy atom. The zero-order valence-corrected chi connectivity index (χ0v) is 17.6. The highest BCUT2D eigenvalue weighted by Crippen LogP contribution is 2.26. The molecule has 2 fully saturated rings. The third kappa shape index (κ3) is 4.71. The highest BCUT2D eigenvalue weighted by molar-refractivity contribution is 5.92. The molecular weight excluding hydrogens is 430 g/mol. The maximum Gasteiger partial charge on any atom is 0.404 e. The highest BCUT2D eigenvalue weighted by atomic mass is 16.6. The number of nitrogens with zero attached hydrogens (tertiary/aromatic N) is 2. The Hall–Kier alpha value is -2.72. The molecule has 15 heteroatoms. The minimum absolute atomic E-state index is 0.0487. The number of rotatable bonds is 6. The van der Waals surface area contributed by atoms with E-state index in [-0.39, 0.29) is 25.0 Å². The topological polar surface area (TPSA) is 220 Å². The lowest BCUT2D eigenvalue weighted by atomic mass is 9.94. The van der Waals surface area contributed by atoms with Gasteiger partial charge in [-0.1, -0.05) is 0 Å². The van der Waals surface area contributed by atoms with Crippen molar-refractivity contribution in [3.05, 3.63) is 0 Å². The van der Waals surface area contributed by atoms with Crippen molar-refractivity contribution in [2.45, 2.75) is 48.8 Å². The summed E-state index contributed by atoms with van der Waals surface area (Å²) in [5.41, 5.74) is 5.09. The molecule has 8 atom stereocenters. The quantitative estimate of drug-likeness (QED) is 0.187. The zero-order valence-electron chi connectivity index (χ0n) is 17.6. The summed E-state index contributed by atoms with van der Waals surface area (Å²) in [4.78, 5) is 41.3. The van der Waals surface area contributed by atoms with E-state index in [1.54, 1.807) is 7.05 Å². The van der Waals surface area contributed by atoms with E-state index in [1.807, 2.05) is 0 Å². The van der Waals surface area contributed by atoms with Gasteiger partial charge in [0.1, 0.15) is 18.2 Å². The number of aliphatic imine (C=N–C) groups is 1. The van der Waals surface area contributed by atoms with Gasteiger partial charge >= 0.3 is 6.09 Å². The van der Waals surface area contributed by atoms with Crippen LogP contribution in [0.5, 0.6) is 0 Å². The molecule has 0 unspecified atom stereocenters. The highest BCUT2D eigenvalue weighted by Gasteiger charge is 2.51. The Morgan fingerprint density at radius 2 is 2.12 bits per heavy atom. The monoisotopic (exact) mass is 459 g/mol. The van der Waals surface area contributed by atoms with Gasteiger partial charge in [0, 0.05) is 13.6 Å². The van der Waals surface area contributed by atoms with E-state index in [0.29, 0.717) is 0 Å². The molecule has 0 aromatic heterocycles. The molecule has 180 valence electrons. The van der Waals surface area contributed by atoms with Crippen molar-refractivity contribution in [1.29, 1.82) is 0 Å².